The first kappa shape index (κ1) is 12.5. The standard InChI is InChI=1S/C14H25N3/c1-3-4-10-17-11(2)16-13(14(17)15)12-8-6-5-7-9-12/h12H,3-10,15H2,1-2H3. The summed E-state index contributed by atoms with van der Waals surface area (Å²) in [5, 5.41) is 0. The van der Waals surface area contributed by atoms with Crippen LogP contribution in [0.1, 0.15) is 69.3 Å². The number of imidazole rings is 1. The number of hydrogen-bond donors (Lipinski definition) is 1. The van der Waals surface area contributed by atoms with E-state index in [2.05, 4.69) is 18.4 Å². The largest absolute Gasteiger partial charge is 0.384 e. The number of anilines is 1. The Kier molecular flexibility index (Phi) is 4.08. The van der Waals surface area contributed by atoms with Crippen LogP contribution < -0.4 is 5.73 Å². The average molecular weight is 235 g/mol. The molecule has 0 saturated heterocycles. The molecule has 1 saturated carbocycles. The van der Waals surface area contributed by atoms with Crippen molar-refractivity contribution in [2.45, 2.75) is 71.3 Å². The molecule has 0 amide bonds. The van der Waals surface area contributed by atoms with Gasteiger partial charge in [0.1, 0.15) is 11.6 Å². The number of aryl methyl sites for hydroxylation is 1. The molecule has 1 heterocycles. The van der Waals surface area contributed by atoms with E-state index in [4.69, 9.17) is 10.7 Å². The van der Waals surface area contributed by atoms with Crippen molar-refractivity contribution in [2.75, 3.05) is 5.73 Å². The minimum Gasteiger partial charge on any atom is -0.384 e. The van der Waals surface area contributed by atoms with Crippen LogP contribution in [0.15, 0.2) is 0 Å². The first-order chi connectivity index (χ1) is 8.24. The molecule has 1 aromatic heterocycles. The van der Waals surface area contributed by atoms with Crippen molar-refractivity contribution in [3.8, 4) is 0 Å². The molecule has 0 spiro atoms. The van der Waals surface area contributed by atoms with Crippen molar-refractivity contribution in [3.63, 3.8) is 0 Å². The van der Waals surface area contributed by atoms with Crippen molar-refractivity contribution < 1.29 is 0 Å². The summed E-state index contributed by atoms with van der Waals surface area (Å²) in [5.41, 5.74) is 7.46. The van der Waals surface area contributed by atoms with Gasteiger partial charge in [0.05, 0.1) is 5.69 Å². The van der Waals surface area contributed by atoms with Gasteiger partial charge in [-0.2, -0.15) is 0 Å². The molecule has 1 aromatic rings. The van der Waals surface area contributed by atoms with Crippen LogP contribution in [0.3, 0.4) is 0 Å². The van der Waals surface area contributed by atoms with Crippen molar-refractivity contribution in [2.24, 2.45) is 0 Å². The fraction of sp³-hybridized carbons (Fsp3) is 0.786. The highest BCUT2D eigenvalue weighted by Gasteiger charge is 2.22. The van der Waals surface area contributed by atoms with Crippen LogP contribution in [0.5, 0.6) is 0 Å². The number of unbranched alkanes of at least 4 members (excludes halogenated alkanes) is 1. The van der Waals surface area contributed by atoms with Gasteiger partial charge >= 0.3 is 0 Å². The van der Waals surface area contributed by atoms with Crippen LogP contribution in [0.2, 0.25) is 0 Å². The summed E-state index contributed by atoms with van der Waals surface area (Å²) in [6.45, 7) is 5.32. The van der Waals surface area contributed by atoms with E-state index >= 15 is 0 Å². The second-order valence-corrected chi connectivity index (χ2v) is 5.27. The Morgan fingerprint density at radius 3 is 2.65 bits per heavy atom. The highest BCUT2D eigenvalue weighted by atomic mass is 15.1. The summed E-state index contributed by atoms with van der Waals surface area (Å²) in [6.07, 6.45) is 8.99. The molecule has 0 unspecified atom stereocenters. The van der Waals surface area contributed by atoms with Crippen LogP contribution in [0.25, 0.3) is 0 Å². The maximum absolute atomic E-state index is 6.28. The number of rotatable bonds is 4. The van der Waals surface area contributed by atoms with Gasteiger partial charge in [0.2, 0.25) is 0 Å². The molecule has 96 valence electrons. The van der Waals surface area contributed by atoms with Gasteiger partial charge in [-0.05, 0) is 26.2 Å². The highest BCUT2D eigenvalue weighted by molar-refractivity contribution is 5.40. The van der Waals surface area contributed by atoms with Crippen molar-refractivity contribution in [1.82, 2.24) is 9.55 Å². The van der Waals surface area contributed by atoms with E-state index in [-0.39, 0.29) is 0 Å². The smallest absolute Gasteiger partial charge is 0.127 e. The van der Waals surface area contributed by atoms with Crippen LogP contribution in [0.4, 0.5) is 5.82 Å². The summed E-state index contributed by atoms with van der Waals surface area (Å²) in [4.78, 5) is 4.72. The van der Waals surface area contributed by atoms with E-state index in [1.807, 2.05) is 0 Å². The highest BCUT2D eigenvalue weighted by Crippen LogP contribution is 2.35. The summed E-state index contributed by atoms with van der Waals surface area (Å²) < 4.78 is 2.20. The fourth-order valence-corrected chi connectivity index (χ4v) is 2.88. The summed E-state index contributed by atoms with van der Waals surface area (Å²) in [5.74, 6) is 2.64. The molecule has 0 atom stereocenters. The van der Waals surface area contributed by atoms with Gasteiger partial charge in [0.15, 0.2) is 0 Å². The lowest BCUT2D eigenvalue weighted by Gasteiger charge is -2.20. The molecular weight excluding hydrogens is 210 g/mol. The predicted molar refractivity (Wildman–Crippen MR) is 72.1 cm³/mol. The zero-order chi connectivity index (χ0) is 12.3. The first-order valence-electron chi connectivity index (χ1n) is 7.06. The van der Waals surface area contributed by atoms with Crippen molar-refractivity contribution in [3.05, 3.63) is 11.5 Å². The monoisotopic (exact) mass is 235 g/mol. The maximum atomic E-state index is 6.28. The number of nitrogen functional groups attached to an aromatic ring is 1. The second kappa shape index (κ2) is 5.56. The predicted octanol–water partition coefficient (Wildman–Crippen LogP) is 3.62. The molecular formula is C14H25N3. The van der Waals surface area contributed by atoms with Crippen LogP contribution >= 0.6 is 0 Å². The van der Waals surface area contributed by atoms with Crippen LogP contribution in [-0.2, 0) is 6.54 Å². The Hall–Kier alpha value is -0.990. The molecule has 1 aliphatic rings. The topological polar surface area (TPSA) is 43.8 Å². The zero-order valence-corrected chi connectivity index (χ0v) is 11.2. The van der Waals surface area contributed by atoms with Crippen LogP contribution in [-0.4, -0.2) is 9.55 Å². The molecule has 3 nitrogen and oxygen atoms in total. The molecule has 0 radical (unpaired) electrons. The minimum atomic E-state index is 0.616. The Morgan fingerprint density at radius 1 is 1.29 bits per heavy atom. The Morgan fingerprint density at radius 2 is 2.00 bits per heavy atom. The third-order valence-electron chi connectivity index (χ3n) is 3.95. The van der Waals surface area contributed by atoms with Gasteiger partial charge in [-0.1, -0.05) is 32.6 Å². The summed E-state index contributed by atoms with van der Waals surface area (Å²) in [6, 6.07) is 0. The lowest BCUT2D eigenvalue weighted by molar-refractivity contribution is 0.438. The van der Waals surface area contributed by atoms with Gasteiger partial charge < -0.3 is 10.3 Å². The number of aromatic nitrogens is 2. The lowest BCUT2D eigenvalue weighted by Crippen LogP contribution is -2.09. The van der Waals surface area contributed by atoms with E-state index in [1.165, 1.54) is 50.6 Å². The van der Waals surface area contributed by atoms with E-state index in [0.29, 0.717) is 5.92 Å². The Labute approximate surface area is 104 Å². The molecule has 0 bridgehead atoms. The Balaban J connectivity index is 2.17. The first-order valence-corrected chi connectivity index (χ1v) is 7.06. The van der Waals surface area contributed by atoms with Crippen molar-refractivity contribution in [1.29, 1.82) is 0 Å². The maximum Gasteiger partial charge on any atom is 0.127 e. The number of nitrogens with zero attached hydrogens (tertiary/aromatic N) is 2. The van der Waals surface area contributed by atoms with Crippen LogP contribution in [0, 0.1) is 6.92 Å². The molecule has 1 fully saturated rings. The van der Waals surface area contributed by atoms with Gasteiger partial charge in [0.25, 0.3) is 0 Å². The third-order valence-corrected chi connectivity index (χ3v) is 3.95. The summed E-state index contributed by atoms with van der Waals surface area (Å²) in [7, 11) is 0. The second-order valence-electron chi connectivity index (χ2n) is 5.27. The average Bonchev–Trinajstić information content (AvgIpc) is 2.64. The lowest BCUT2D eigenvalue weighted by atomic mass is 9.87. The Bertz CT molecular complexity index is 362. The molecule has 0 aromatic carbocycles. The molecule has 3 heteroatoms. The normalized spacial score (nSPS) is 17.5. The van der Waals surface area contributed by atoms with E-state index in [0.717, 1.165) is 18.2 Å². The van der Waals surface area contributed by atoms with E-state index in [1.54, 1.807) is 0 Å². The summed E-state index contributed by atoms with van der Waals surface area (Å²) >= 11 is 0. The van der Waals surface area contributed by atoms with E-state index in [9.17, 15) is 0 Å². The molecule has 2 N–H and O–H groups in total. The molecule has 17 heavy (non-hydrogen) atoms. The quantitative estimate of drug-likeness (QED) is 0.866. The van der Waals surface area contributed by atoms with Gasteiger partial charge in [-0.25, -0.2) is 4.98 Å². The fourth-order valence-electron chi connectivity index (χ4n) is 2.88. The van der Waals surface area contributed by atoms with Gasteiger partial charge in [0, 0.05) is 12.5 Å². The minimum absolute atomic E-state index is 0.616. The molecule has 2 rings (SSSR count). The molecule has 0 aliphatic heterocycles. The van der Waals surface area contributed by atoms with Gasteiger partial charge in [-0.3, -0.25) is 0 Å². The van der Waals surface area contributed by atoms with Gasteiger partial charge in [-0.15, -0.1) is 0 Å². The third kappa shape index (κ3) is 2.64. The SMILES string of the molecule is CCCCn1c(C)nc(C2CCCCC2)c1N. The number of hydrogen-bond acceptors (Lipinski definition) is 2. The molecule has 1 aliphatic carbocycles. The van der Waals surface area contributed by atoms with E-state index < -0.39 is 0 Å². The van der Waals surface area contributed by atoms with Crippen molar-refractivity contribution >= 4 is 5.82 Å². The zero-order valence-electron chi connectivity index (χ0n) is 11.2. The number of nitrogens with two attached hydrogens (primary N) is 1.